The van der Waals surface area contributed by atoms with Crippen LogP contribution in [0.15, 0.2) is 34.6 Å². The number of carbonyl (C=O) groups excluding carboxylic acids is 1. The molecule has 0 spiro atoms. The fourth-order valence-electron chi connectivity index (χ4n) is 3.64. The van der Waals surface area contributed by atoms with Crippen molar-refractivity contribution in [3.05, 3.63) is 46.6 Å². The van der Waals surface area contributed by atoms with E-state index >= 15 is 0 Å². The predicted molar refractivity (Wildman–Crippen MR) is 119 cm³/mol. The van der Waals surface area contributed by atoms with Gasteiger partial charge in [0.15, 0.2) is 11.5 Å². The number of sulfonamides is 1. The summed E-state index contributed by atoms with van der Waals surface area (Å²) in [5, 5.41) is 17.0. The van der Waals surface area contributed by atoms with Gasteiger partial charge in [-0.15, -0.1) is 0 Å². The van der Waals surface area contributed by atoms with Crippen molar-refractivity contribution < 1.29 is 17.9 Å². The van der Waals surface area contributed by atoms with Crippen molar-refractivity contribution in [3.63, 3.8) is 0 Å². The molecule has 1 aromatic carbocycles. The highest BCUT2D eigenvalue weighted by atomic mass is 32.2. The molecule has 10 nitrogen and oxygen atoms in total. The van der Waals surface area contributed by atoms with E-state index in [9.17, 15) is 18.5 Å². The second-order valence-electron chi connectivity index (χ2n) is 7.27. The zero-order valence-electron chi connectivity index (χ0n) is 17.8. The highest BCUT2D eigenvalue weighted by Crippen LogP contribution is 2.40. The molecule has 1 aliphatic rings. The topological polar surface area (TPSA) is 142 Å². The smallest absolute Gasteiger partial charge is 0.306 e. The summed E-state index contributed by atoms with van der Waals surface area (Å²) in [6, 6.07) is 7.45. The summed E-state index contributed by atoms with van der Waals surface area (Å²) in [7, 11) is -3.86. The van der Waals surface area contributed by atoms with E-state index in [2.05, 4.69) is 30.8 Å². The first-order valence-electron chi connectivity index (χ1n) is 9.88. The molecule has 2 unspecified atom stereocenters. The average molecular weight is 455 g/mol. The molecule has 2 N–H and O–H groups in total. The summed E-state index contributed by atoms with van der Waals surface area (Å²) in [5.41, 5.74) is 2.81. The van der Waals surface area contributed by atoms with Crippen molar-refractivity contribution >= 4 is 38.4 Å². The average Bonchev–Trinajstić information content (AvgIpc) is 3.13. The van der Waals surface area contributed by atoms with Crippen molar-refractivity contribution in [2.75, 3.05) is 17.1 Å². The van der Waals surface area contributed by atoms with E-state index in [1.54, 1.807) is 39.0 Å². The van der Waals surface area contributed by atoms with Crippen molar-refractivity contribution in [1.29, 1.82) is 5.26 Å². The molecule has 166 valence electrons. The number of aliphatic imine (C=N–C) groups is 1. The van der Waals surface area contributed by atoms with Gasteiger partial charge in [-0.05, 0) is 38.5 Å². The molecule has 1 aromatic heterocycles. The maximum Gasteiger partial charge on any atom is 0.306 e. The molecule has 0 bridgehead atoms. The van der Waals surface area contributed by atoms with Crippen molar-refractivity contribution in [2.24, 2.45) is 10.9 Å². The maximum atomic E-state index is 12.4. The first-order chi connectivity index (χ1) is 15.2. The molecule has 0 aliphatic carbocycles. The minimum atomic E-state index is -3.86. The third kappa shape index (κ3) is 4.63. The van der Waals surface area contributed by atoms with Gasteiger partial charge in [0.05, 0.1) is 42.9 Å². The number of aromatic amines is 1. The fraction of sp³-hybridized carbons (Fsp3) is 0.381. The van der Waals surface area contributed by atoms with Gasteiger partial charge in [-0.2, -0.15) is 10.4 Å². The van der Waals surface area contributed by atoms with Gasteiger partial charge in [0, 0.05) is 22.7 Å². The number of fused-ring (bicyclic) bond motifs is 1. The van der Waals surface area contributed by atoms with Crippen LogP contribution < -0.4 is 4.72 Å². The Hall–Kier alpha value is -3.70. The summed E-state index contributed by atoms with van der Waals surface area (Å²) >= 11 is 0. The van der Waals surface area contributed by atoms with Crippen molar-refractivity contribution in [3.8, 4) is 6.07 Å². The molecule has 1 aliphatic heterocycles. The molecule has 2 atom stereocenters. The number of benzene rings is 1. The number of aromatic nitrogens is 2. The monoisotopic (exact) mass is 454 g/mol. The Bertz CT molecular complexity index is 1310. The minimum absolute atomic E-state index is 0.0745. The van der Waals surface area contributed by atoms with Gasteiger partial charge in [0.25, 0.3) is 0 Å². The second-order valence-corrected chi connectivity index (χ2v) is 9.12. The quantitative estimate of drug-likeness (QED) is 0.486. The van der Waals surface area contributed by atoms with E-state index in [0.29, 0.717) is 33.6 Å². The maximum absolute atomic E-state index is 12.4. The number of nitriles is 1. The van der Waals surface area contributed by atoms with Crippen LogP contribution in [0.5, 0.6) is 0 Å². The van der Waals surface area contributed by atoms with Gasteiger partial charge in [-0.3, -0.25) is 19.6 Å². The first-order valence-corrected chi connectivity index (χ1v) is 11.5. The third-order valence-electron chi connectivity index (χ3n) is 5.13. The van der Waals surface area contributed by atoms with Gasteiger partial charge in [0.1, 0.15) is 0 Å². The number of nitrogens with one attached hydrogen (secondary N) is 2. The first kappa shape index (κ1) is 23.0. The van der Waals surface area contributed by atoms with Crippen LogP contribution in [0, 0.1) is 23.8 Å². The lowest BCUT2D eigenvalue weighted by Gasteiger charge is -2.26. The van der Waals surface area contributed by atoms with Crippen LogP contribution in [0.25, 0.3) is 15.7 Å². The lowest BCUT2D eigenvalue weighted by Crippen LogP contribution is -2.24. The van der Waals surface area contributed by atoms with Gasteiger partial charge in [0.2, 0.25) is 10.0 Å². The zero-order chi connectivity index (χ0) is 23.5. The molecule has 2 heterocycles. The molecule has 2 aromatic rings. The van der Waals surface area contributed by atoms with Gasteiger partial charge >= 0.3 is 5.97 Å². The third-order valence-corrected chi connectivity index (χ3v) is 6.38. The number of anilines is 1. The van der Waals surface area contributed by atoms with Crippen LogP contribution in [0.2, 0.25) is 0 Å². The lowest BCUT2D eigenvalue weighted by molar-refractivity contribution is -0.142. The number of H-pyrrole nitrogens is 1. The Balaban J connectivity index is 1.96. The number of allylic oxidation sites excluding steroid dienone is 2. The second kappa shape index (κ2) is 9.20. The Morgan fingerprint density at radius 1 is 1.41 bits per heavy atom. The minimum Gasteiger partial charge on any atom is -0.466 e. The standard InChI is InChI=1S/C21H22N6O4S/c1-5-31-18(28)8-9-32(29,30)27-21-15-10-14(6-7-17(15)25-26-21)19-16(11-22)12(2)24-13(3)20(19)23-4/h6-7,10,16,19H,5,8-9H2,1-3H3,(H2,25,26,27). The summed E-state index contributed by atoms with van der Waals surface area (Å²) < 4.78 is 32.0. The number of carbonyl (C=O) groups is 1. The number of esters is 1. The molecular formula is C21H22N6O4S. The van der Waals surface area contributed by atoms with Crippen LogP contribution in [-0.2, 0) is 19.6 Å². The fourth-order valence-corrected chi connectivity index (χ4v) is 4.62. The van der Waals surface area contributed by atoms with E-state index in [-0.39, 0.29) is 18.8 Å². The number of rotatable bonds is 7. The lowest BCUT2D eigenvalue weighted by atomic mass is 9.79. The molecule has 11 heteroatoms. The van der Waals surface area contributed by atoms with Crippen LogP contribution >= 0.6 is 0 Å². The summed E-state index contributed by atoms with van der Waals surface area (Å²) in [6.45, 7) is 12.9. The molecule has 0 amide bonds. The summed E-state index contributed by atoms with van der Waals surface area (Å²) in [4.78, 5) is 19.5. The number of hydrogen-bond acceptors (Lipinski definition) is 7. The van der Waals surface area contributed by atoms with E-state index < -0.39 is 33.6 Å². The van der Waals surface area contributed by atoms with Crippen LogP contribution in [0.4, 0.5) is 5.82 Å². The Morgan fingerprint density at radius 3 is 2.81 bits per heavy atom. The SMILES string of the molecule is [C-]#[N+]C1=C(C)N=C(C)C(C#N)C1c1ccc2[nH]nc(NS(=O)(=O)CCC(=O)OCC)c2c1. The Labute approximate surface area is 185 Å². The zero-order valence-corrected chi connectivity index (χ0v) is 18.7. The molecule has 0 saturated heterocycles. The molecule has 3 rings (SSSR count). The van der Waals surface area contributed by atoms with E-state index in [1.807, 2.05) is 0 Å². The molecular weight excluding hydrogens is 432 g/mol. The van der Waals surface area contributed by atoms with Gasteiger partial charge < -0.3 is 4.74 Å². The Kier molecular flexibility index (Phi) is 6.61. The molecule has 0 radical (unpaired) electrons. The largest absolute Gasteiger partial charge is 0.466 e. The van der Waals surface area contributed by atoms with Crippen molar-refractivity contribution in [1.82, 2.24) is 10.2 Å². The molecule has 0 saturated carbocycles. The molecule has 0 fully saturated rings. The highest BCUT2D eigenvalue weighted by Gasteiger charge is 2.34. The van der Waals surface area contributed by atoms with Crippen LogP contribution in [-0.4, -0.2) is 42.7 Å². The normalized spacial score (nSPS) is 18.6. The van der Waals surface area contributed by atoms with E-state index in [0.717, 1.165) is 0 Å². The number of nitrogens with zero attached hydrogens (tertiary/aromatic N) is 4. The van der Waals surface area contributed by atoms with Gasteiger partial charge in [-0.25, -0.2) is 13.3 Å². The Morgan fingerprint density at radius 2 is 2.16 bits per heavy atom. The van der Waals surface area contributed by atoms with Crippen molar-refractivity contribution in [2.45, 2.75) is 33.1 Å². The van der Waals surface area contributed by atoms with E-state index in [1.165, 1.54) is 0 Å². The number of hydrogen-bond donors (Lipinski definition) is 2. The summed E-state index contributed by atoms with van der Waals surface area (Å²) in [5.74, 6) is -2.11. The highest BCUT2D eigenvalue weighted by molar-refractivity contribution is 7.92. The predicted octanol–water partition coefficient (Wildman–Crippen LogP) is 3.11. The van der Waals surface area contributed by atoms with Crippen LogP contribution in [0.1, 0.15) is 38.7 Å². The van der Waals surface area contributed by atoms with Gasteiger partial charge in [-0.1, -0.05) is 6.07 Å². The van der Waals surface area contributed by atoms with Crippen LogP contribution in [0.3, 0.4) is 0 Å². The summed E-state index contributed by atoms with van der Waals surface area (Å²) in [6.07, 6.45) is -0.278. The van der Waals surface area contributed by atoms with E-state index in [4.69, 9.17) is 11.3 Å². The molecule has 32 heavy (non-hydrogen) atoms. The number of ether oxygens (including phenoxy) is 1.